The highest BCUT2D eigenvalue weighted by molar-refractivity contribution is 5.32. The highest BCUT2D eigenvalue weighted by atomic mass is 16.5. The first-order valence-corrected chi connectivity index (χ1v) is 6.61. The number of hydrogen-bond donors (Lipinski definition) is 1. The molecule has 0 bridgehead atoms. The van der Waals surface area contributed by atoms with Gasteiger partial charge in [0.05, 0.1) is 6.61 Å². The van der Waals surface area contributed by atoms with E-state index in [9.17, 15) is 5.11 Å². The van der Waals surface area contributed by atoms with E-state index in [-0.39, 0.29) is 6.61 Å². The first-order chi connectivity index (χ1) is 9.38. The number of fused-ring (bicyclic) bond motifs is 1. The molecule has 19 heavy (non-hydrogen) atoms. The summed E-state index contributed by atoms with van der Waals surface area (Å²) in [7, 11) is 0. The standard InChI is InChI=1S/C14H17N3O2/c18-9-11-5-1-2-6-12(11)19-10-14-16-15-13-7-3-4-8-17(13)14/h1-2,5-6,18H,3-4,7-10H2. The summed E-state index contributed by atoms with van der Waals surface area (Å²) in [6, 6.07) is 7.50. The van der Waals surface area contributed by atoms with Crippen molar-refractivity contribution in [2.24, 2.45) is 0 Å². The lowest BCUT2D eigenvalue weighted by Gasteiger charge is -2.15. The van der Waals surface area contributed by atoms with Crippen LogP contribution in [-0.2, 0) is 26.2 Å². The zero-order chi connectivity index (χ0) is 13.1. The number of aliphatic hydroxyl groups is 1. The quantitative estimate of drug-likeness (QED) is 0.907. The lowest BCUT2D eigenvalue weighted by Crippen LogP contribution is -2.14. The number of ether oxygens (including phenoxy) is 1. The van der Waals surface area contributed by atoms with Crippen molar-refractivity contribution in [3.63, 3.8) is 0 Å². The number of aryl methyl sites for hydroxylation is 1. The summed E-state index contributed by atoms with van der Waals surface area (Å²) in [4.78, 5) is 0. The van der Waals surface area contributed by atoms with Gasteiger partial charge in [-0.15, -0.1) is 10.2 Å². The number of para-hydroxylation sites is 1. The van der Waals surface area contributed by atoms with Crippen molar-refractivity contribution in [2.45, 2.75) is 39.0 Å². The third-order valence-electron chi connectivity index (χ3n) is 3.44. The number of benzene rings is 1. The monoisotopic (exact) mass is 259 g/mol. The van der Waals surface area contributed by atoms with Gasteiger partial charge in [-0.05, 0) is 18.9 Å². The van der Waals surface area contributed by atoms with Crippen LogP contribution in [-0.4, -0.2) is 19.9 Å². The van der Waals surface area contributed by atoms with Crippen LogP contribution in [0, 0.1) is 0 Å². The maximum atomic E-state index is 9.25. The Kier molecular flexibility index (Phi) is 3.46. The predicted octanol–water partition coefficient (Wildman–Crippen LogP) is 1.69. The minimum Gasteiger partial charge on any atom is -0.485 e. The van der Waals surface area contributed by atoms with E-state index >= 15 is 0 Å². The van der Waals surface area contributed by atoms with Crippen LogP contribution in [0.5, 0.6) is 5.75 Å². The van der Waals surface area contributed by atoms with Crippen LogP contribution in [0.25, 0.3) is 0 Å². The summed E-state index contributed by atoms with van der Waals surface area (Å²) in [6.45, 7) is 1.35. The van der Waals surface area contributed by atoms with Gasteiger partial charge in [-0.1, -0.05) is 18.2 Å². The number of aliphatic hydroxyl groups excluding tert-OH is 1. The smallest absolute Gasteiger partial charge is 0.171 e. The Morgan fingerprint density at radius 1 is 1.21 bits per heavy atom. The summed E-state index contributed by atoms with van der Waals surface area (Å²) < 4.78 is 7.90. The zero-order valence-electron chi connectivity index (χ0n) is 10.7. The predicted molar refractivity (Wildman–Crippen MR) is 69.7 cm³/mol. The fourth-order valence-corrected chi connectivity index (χ4v) is 2.39. The Hall–Kier alpha value is -1.88. The summed E-state index contributed by atoms with van der Waals surface area (Å²) in [5, 5.41) is 17.6. The molecular weight excluding hydrogens is 242 g/mol. The topological polar surface area (TPSA) is 60.2 Å². The molecule has 0 unspecified atom stereocenters. The van der Waals surface area contributed by atoms with Gasteiger partial charge in [0.15, 0.2) is 5.82 Å². The van der Waals surface area contributed by atoms with Crippen LogP contribution < -0.4 is 4.74 Å². The summed E-state index contributed by atoms with van der Waals surface area (Å²) >= 11 is 0. The number of aromatic nitrogens is 3. The van der Waals surface area contributed by atoms with Gasteiger partial charge in [-0.25, -0.2) is 0 Å². The maximum absolute atomic E-state index is 9.25. The Balaban J connectivity index is 1.74. The Morgan fingerprint density at radius 2 is 2.11 bits per heavy atom. The van der Waals surface area contributed by atoms with Gasteiger partial charge in [-0.3, -0.25) is 0 Å². The molecule has 0 atom stereocenters. The van der Waals surface area contributed by atoms with Crippen LogP contribution in [0.2, 0.25) is 0 Å². The Labute approximate surface area is 111 Å². The third kappa shape index (κ3) is 2.46. The average Bonchev–Trinajstić information content (AvgIpc) is 2.89. The second-order valence-electron chi connectivity index (χ2n) is 4.70. The van der Waals surface area contributed by atoms with E-state index in [0.717, 1.165) is 30.2 Å². The van der Waals surface area contributed by atoms with Crippen molar-refractivity contribution < 1.29 is 9.84 Å². The van der Waals surface area contributed by atoms with Gasteiger partial charge < -0.3 is 14.4 Å². The molecule has 0 fully saturated rings. The summed E-state index contributed by atoms with van der Waals surface area (Å²) in [6.07, 6.45) is 3.36. The van der Waals surface area contributed by atoms with E-state index in [1.165, 1.54) is 12.8 Å². The maximum Gasteiger partial charge on any atom is 0.171 e. The van der Waals surface area contributed by atoms with Gasteiger partial charge in [0.2, 0.25) is 0 Å². The Morgan fingerprint density at radius 3 is 3.00 bits per heavy atom. The van der Waals surface area contributed by atoms with Crippen molar-refractivity contribution >= 4 is 0 Å². The molecule has 0 radical (unpaired) electrons. The summed E-state index contributed by atoms with van der Waals surface area (Å²) in [5.74, 6) is 2.63. The fourth-order valence-electron chi connectivity index (χ4n) is 2.39. The average molecular weight is 259 g/mol. The normalized spacial score (nSPS) is 14.2. The van der Waals surface area contributed by atoms with E-state index in [1.807, 2.05) is 24.3 Å². The van der Waals surface area contributed by atoms with Crippen LogP contribution in [0.1, 0.15) is 30.1 Å². The van der Waals surface area contributed by atoms with Crippen LogP contribution >= 0.6 is 0 Å². The molecule has 1 N–H and O–H groups in total. The number of nitrogens with zero attached hydrogens (tertiary/aromatic N) is 3. The minimum atomic E-state index is -0.0197. The molecule has 5 nitrogen and oxygen atoms in total. The number of hydrogen-bond acceptors (Lipinski definition) is 4. The third-order valence-corrected chi connectivity index (χ3v) is 3.44. The van der Waals surface area contributed by atoms with Gasteiger partial charge in [0.25, 0.3) is 0 Å². The van der Waals surface area contributed by atoms with Crippen LogP contribution in [0.3, 0.4) is 0 Å². The van der Waals surface area contributed by atoms with Crippen LogP contribution in [0.15, 0.2) is 24.3 Å². The Bertz CT molecular complexity index is 566. The molecule has 5 heteroatoms. The second kappa shape index (κ2) is 5.40. The lowest BCUT2D eigenvalue weighted by molar-refractivity contribution is 0.252. The van der Waals surface area contributed by atoms with E-state index < -0.39 is 0 Å². The molecule has 1 aliphatic heterocycles. The lowest BCUT2D eigenvalue weighted by atomic mass is 10.2. The van der Waals surface area contributed by atoms with E-state index in [1.54, 1.807) is 0 Å². The summed E-state index contributed by atoms with van der Waals surface area (Å²) in [5.41, 5.74) is 0.792. The van der Waals surface area contributed by atoms with Crippen molar-refractivity contribution in [2.75, 3.05) is 0 Å². The van der Waals surface area contributed by atoms with Gasteiger partial charge in [0, 0.05) is 18.5 Å². The van der Waals surface area contributed by atoms with Gasteiger partial charge >= 0.3 is 0 Å². The van der Waals surface area contributed by atoms with Crippen molar-refractivity contribution in [3.8, 4) is 5.75 Å². The molecule has 0 spiro atoms. The zero-order valence-corrected chi connectivity index (χ0v) is 10.7. The van der Waals surface area contributed by atoms with E-state index in [2.05, 4.69) is 14.8 Å². The first-order valence-electron chi connectivity index (χ1n) is 6.61. The molecule has 100 valence electrons. The van der Waals surface area contributed by atoms with E-state index in [4.69, 9.17) is 4.74 Å². The van der Waals surface area contributed by atoms with Crippen molar-refractivity contribution in [1.82, 2.24) is 14.8 Å². The van der Waals surface area contributed by atoms with Gasteiger partial charge in [0.1, 0.15) is 18.2 Å². The molecule has 0 amide bonds. The van der Waals surface area contributed by atoms with Gasteiger partial charge in [-0.2, -0.15) is 0 Å². The molecule has 2 aromatic rings. The second-order valence-corrected chi connectivity index (χ2v) is 4.70. The van der Waals surface area contributed by atoms with Crippen molar-refractivity contribution in [1.29, 1.82) is 0 Å². The molecule has 1 aliphatic rings. The van der Waals surface area contributed by atoms with Crippen molar-refractivity contribution in [3.05, 3.63) is 41.5 Å². The molecule has 0 saturated heterocycles. The fraction of sp³-hybridized carbons (Fsp3) is 0.429. The highest BCUT2D eigenvalue weighted by Gasteiger charge is 2.16. The number of rotatable bonds is 4. The minimum absolute atomic E-state index is 0.0197. The molecule has 2 heterocycles. The molecule has 1 aromatic heterocycles. The highest BCUT2D eigenvalue weighted by Crippen LogP contribution is 2.20. The molecule has 1 aromatic carbocycles. The SMILES string of the molecule is OCc1ccccc1OCc1nnc2n1CCCC2. The molecular formula is C14H17N3O2. The molecule has 0 aliphatic carbocycles. The largest absolute Gasteiger partial charge is 0.485 e. The molecule has 3 rings (SSSR count). The first kappa shape index (κ1) is 12.2. The molecule has 0 saturated carbocycles. The van der Waals surface area contributed by atoms with Crippen LogP contribution in [0.4, 0.5) is 0 Å². The van der Waals surface area contributed by atoms with E-state index in [0.29, 0.717) is 12.4 Å².